The van der Waals surface area contributed by atoms with Crippen molar-refractivity contribution in [2.24, 2.45) is 0 Å². The maximum absolute atomic E-state index is 11.8. The normalized spacial score (nSPS) is 12.1. The van der Waals surface area contributed by atoms with Gasteiger partial charge >= 0.3 is 6.03 Å². The number of carbonyl (C=O) groups is 2. The lowest BCUT2D eigenvalue weighted by atomic mass is 10.2. The number of carbonyl (C=O) groups excluding carboxylic acids is 2. The van der Waals surface area contributed by atoms with Crippen LogP contribution in [-0.2, 0) is 11.3 Å². The van der Waals surface area contributed by atoms with Crippen LogP contribution in [0.15, 0.2) is 18.2 Å². The molecule has 1 aromatic carbocycles. The Morgan fingerprint density at radius 3 is 2.50 bits per heavy atom. The molecule has 0 aliphatic carbocycles. The highest BCUT2D eigenvalue weighted by Crippen LogP contribution is 2.23. The van der Waals surface area contributed by atoms with Crippen LogP contribution in [0, 0.1) is 0 Å². The monoisotopic (exact) mass is 317 g/mol. The second-order valence-electron chi connectivity index (χ2n) is 4.41. The molecule has 0 bridgehead atoms. The van der Waals surface area contributed by atoms with Gasteiger partial charge in [-0.2, -0.15) is 0 Å². The fraction of sp³-hybridized carbons (Fsp3) is 0.385. The van der Waals surface area contributed by atoms with E-state index in [4.69, 9.17) is 23.2 Å². The zero-order valence-corrected chi connectivity index (χ0v) is 13.0. The van der Waals surface area contributed by atoms with E-state index in [1.54, 1.807) is 31.0 Å². The summed E-state index contributed by atoms with van der Waals surface area (Å²) < 4.78 is 0. The van der Waals surface area contributed by atoms with E-state index < -0.39 is 12.1 Å². The van der Waals surface area contributed by atoms with Crippen molar-refractivity contribution in [1.29, 1.82) is 0 Å². The third-order valence-electron chi connectivity index (χ3n) is 2.92. The minimum absolute atomic E-state index is 0.369. The lowest BCUT2D eigenvalue weighted by Gasteiger charge is -2.23. The van der Waals surface area contributed by atoms with E-state index in [0.717, 1.165) is 5.56 Å². The second kappa shape index (κ2) is 7.47. The van der Waals surface area contributed by atoms with Gasteiger partial charge in [0, 0.05) is 13.6 Å². The third kappa shape index (κ3) is 4.67. The highest BCUT2D eigenvalue weighted by molar-refractivity contribution is 6.42. The molecule has 0 fully saturated rings. The predicted molar refractivity (Wildman–Crippen MR) is 80.0 cm³/mol. The number of likely N-dealkylation sites (N-methyl/N-ethyl adjacent to an activating group) is 1. The van der Waals surface area contributed by atoms with Gasteiger partial charge in [-0.1, -0.05) is 29.3 Å². The summed E-state index contributed by atoms with van der Waals surface area (Å²) in [5.41, 5.74) is 0.932. The molecule has 0 aliphatic heterocycles. The van der Waals surface area contributed by atoms with Crippen molar-refractivity contribution in [3.8, 4) is 0 Å². The van der Waals surface area contributed by atoms with E-state index in [0.29, 0.717) is 16.6 Å². The van der Waals surface area contributed by atoms with Gasteiger partial charge < -0.3 is 5.32 Å². The minimum atomic E-state index is -0.523. The van der Waals surface area contributed by atoms with Gasteiger partial charge in [0.1, 0.15) is 0 Å². The van der Waals surface area contributed by atoms with E-state index in [-0.39, 0.29) is 5.91 Å². The summed E-state index contributed by atoms with van der Waals surface area (Å²) in [6.07, 6.45) is 0. The van der Waals surface area contributed by atoms with Gasteiger partial charge in [-0.25, -0.2) is 4.79 Å². The summed E-state index contributed by atoms with van der Waals surface area (Å²) in [5, 5.41) is 5.53. The number of nitrogens with zero attached hydrogens (tertiary/aromatic N) is 1. The fourth-order valence-corrected chi connectivity index (χ4v) is 1.86. The number of amides is 3. The molecule has 20 heavy (non-hydrogen) atoms. The molecule has 3 amide bonds. The summed E-state index contributed by atoms with van der Waals surface area (Å²) in [5.74, 6) is -0.369. The summed E-state index contributed by atoms with van der Waals surface area (Å²) >= 11 is 11.8. The van der Waals surface area contributed by atoms with Crippen LogP contribution < -0.4 is 10.6 Å². The zero-order chi connectivity index (χ0) is 15.3. The number of rotatable bonds is 4. The predicted octanol–water partition coefficient (Wildman–Crippen LogP) is 2.27. The van der Waals surface area contributed by atoms with E-state index in [2.05, 4.69) is 10.6 Å². The maximum atomic E-state index is 11.8. The Balaban J connectivity index is 2.65. The van der Waals surface area contributed by atoms with Crippen LogP contribution in [0.25, 0.3) is 0 Å². The molecular formula is C13H17Cl2N3O2. The second-order valence-corrected chi connectivity index (χ2v) is 5.22. The van der Waals surface area contributed by atoms with Crippen molar-refractivity contribution in [1.82, 2.24) is 15.5 Å². The SMILES string of the molecule is CNC(=O)NC(=O)C(C)N(C)Cc1ccc(Cl)c(Cl)c1. The quantitative estimate of drug-likeness (QED) is 0.895. The number of hydrogen-bond donors (Lipinski definition) is 2. The van der Waals surface area contributed by atoms with Crippen molar-refractivity contribution in [3.63, 3.8) is 0 Å². The highest BCUT2D eigenvalue weighted by Gasteiger charge is 2.19. The number of urea groups is 1. The van der Waals surface area contributed by atoms with E-state index in [9.17, 15) is 9.59 Å². The molecule has 2 N–H and O–H groups in total. The van der Waals surface area contributed by atoms with Gasteiger partial charge in [0.25, 0.3) is 0 Å². The third-order valence-corrected chi connectivity index (χ3v) is 3.66. The number of benzene rings is 1. The minimum Gasteiger partial charge on any atom is -0.341 e. The average Bonchev–Trinajstić information content (AvgIpc) is 2.41. The van der Waals surface area contributed by atoms with Crippen molar-refractivity contribution >= 4 is 35.1 Å². The van der Waals surface area contributed by atoms with Crippen LogP contribution in [0.3, 0.4) is 0 Å². The van der Waals surface area contributed by atoms with Gasteiger partial charge in [0.2, 0.25) is 5.91 Å². The van der Waals surface area contributed by atoms with Gasteiger partial charge in [0.15, 0.2) is 0 Å². The first-order valence-corrected chi connectivity index (χ1v) is 6.77. The van der Waals surface area contributed by atoms with Gasteiger partial charge in [-0.15, -0.1) is 0 Å². The number of halogens is 2. The van der Waals surface area contributed by atoms with Crippen molar-refractivity contribution < 1.29 is 9.59 Å². The molecule has 0 aromatic heterocycles. The summed E-state index contributed by atoms with van der Waals surface area (Å²) in [6.45, 7) is 2.23. The Morgan fingerprint density at radius 1 is 1.30 bits per heavy atom. The number of imide groups is 1. The van der Waals surface area contributed by atoms with Gasteiger partial charge in [-0.05, 0) is 31.7 Å². The molecule has 0 radical (unpaired) electrons. The highest BCUT2D eigenvalue weighted by atomic mass is 35.5. The van der Waals surface area contributed by atoms with Crippen LogP contribution >= 0.6 is 23.2 Å². The van der Waals surface area contributed by atoms with E-state index >= 15 is 0 Å². The molecule has 0 spiro atoms. The molecule has 0 saturated heterocycles. The molecule has 7 heteroatoms. The zero-order valence-electron chi connectivity index (χ0n) is 11.5. The summed E-state index contributed by atoms with van der Waals surface area (Å²) in [7, 11) is 3.24. The van der Waals surface area contributed by atoms with Crippen LogP contribution in [0.4, 0.5) is 4.79 Å². The fourth-order valence-electron chi connectivity index (χ4n) is 1.54. The number of hydrogen-bond acceptors (Lipinski definition) is 3. The Bertz CT molecular complexity index is 508. The molecule has 1 rings (SSSR count). The van der Waals surface area contributed by atoms with Crippen LogP contribution in [-0.4, -0.2) is 37.0 Å². The van der Waals surface area contributed by atoms with Crippen LogP contribution in [0.1, 0.15) is 12.5 Å². The van der Waals surface area contributed by atoms with Crippen LogP contribution in [0.5, 0.6) is 0 Å². The lowest BCUT2D eigenvalue weighted by Crippen LogP contribution is -2.47. The van der Waals surface area contributed by atoms with Crippen molar-refractivity contribution in [2.75, 3.05) is 14.1 Å². The molecule has 1 aromatic rings. The Kier molecular flexibility index (Phi) is 6.26. The average molecular weight is 318 g/mol. The molecule has 0 aliphatic rings. The first kappa shape index (κ1) is 16.8. The van der Waals surface area contributed by atoms with Crippen molar-refractivity contribution in [2.45, 2.75) is 19.5 Å². The van der Waals surface area contributed by atoms with Gasteiger partial charge in [0.05, 0.1) is 16.1 Å². The van der Waals surface area contributed by atoms with E-state index in [1.165, 1.54) is 7.05 Å². The topological polar surface area (TPSA) is 61.4 Å². The molecule has 110 valence electrons. The lowest BCUT2D eigenvalue weighted by molar-refractivity contribution is -0.124. The maximum Gasteiger partial charge on any atom is 0.321 e. The van der Waals surface area contributed by atoms with Crippen molar-refractivity contribution in [3.05, 3.63) is 33.8 Å². The molecule has 0 heterocycles. The van der Waals surface area contributed by atoms with E-state index in [1.807, 2.05) is 6.07 Å². The molecule has 1 atom stereocenters. The largest absolute Gasteiger partial charge is 0.341 e. The molecular weight excluding hydrogens is 301 g/mol. The Labute approximate surface area is 128 Å². The molecule has 1 unspecified atom stereocenters. The smallest absolute Gasteiger partial charge is 0.321 e. The Morgan fingerprint density at radius 2 is 1.95 bits per heavy atom. The van der Waals surface area contributed by atoms with Gasteiger partial charge in [-0.3, -0.25) is 15.0 Å². The first-order chi connectivity index (χ1) is 9.35. The summed E-state index contributed by atoms with van der Waals surface area (Å²) in [4.78, 5) is 24.7. The summed E-state index contributed by atoms with van der Waals surface area (Å²) in [6, 6.07) is 4.33. The standard InChI is InChI=1S/C13H17Cl2N3O2/c1-8(12(19)17-13(20)16-2)18(3)7-9-4-5-10(14)11(15)6-9/h4-6,8H,7H2,1-3H3,(H2,16,17,19,20). The first-order valence-electron chi connectivity index (χ1n) is 6.02. The number of nitrogens with one attached hydrogen (secondary N) is 2. The van der Waals surface area contributed by atoms with Crippen LogP contribution in [0.2, 0.25) is 10.0 Å². The molecule has 5 nitrogen and oxygen atoms in total. The molecule has 0 saturated carbocycles. The Hall–Kier alpha value is -1.30.